The zero-order valence-electron chi connectivity index (χ0n) is 11.9. The number of carboxylic acid groups (broad SMARTS) is 1. The molecule has 1 aliphatic carbocycles. The number of carboxylic acids is 1. The molecule has 1 rings (SSSR count). The molecule has 0 heterocycles. The predicted octanol–water partition coefficient (Wildman–Crippen LogP) is 3.18. The molecular formula is C15H24O4. The molecule has 19 heavy (non-hydrogen) atoms. The van der Waals surface area contributed by atoms with Gasteiger partial charge in [0, 0.05) is 6.42 Å². The number of carbonyl (C=O) groups excluding carboxylic acids is 1. The standard InChI is InChI=1S/C15H24O4/c1-9-4-6-13(11(3)15(18)19)14(8-16)12(9)7-5-10(2)17/h8-9,11-13,16H,4-7H2,1-3H3,(H,18,19)/b14-8-/t9-,11+,12+,13+/m1/s1. The van der Waals surface area contributed by atoms with Gasteiger partial charge in [-0.1, -0.05) is 13.8 Å². The van der Waals surface area contributed by atoms with E-state index in [9.17, 15) is 14.7 Å². The molecule has 1 fully saturated rings. The molecule has 1 saturated carbocycles. The number of Topliss-reactive ketones (excluding diaryl/α,β-unsaturated/α-hetero) is 1. The Bertz CT molecular complexity index is 372. The third kappa shape index (κ3) is 3.82. The van der Waals surface area contributed by atoms with Crippen LogP contribution in [0, 0.1) is 23.7 Å². The van der Waals surface area contributed by atoms with E-state index in [0.29, 0.717) is 18.8 Å². The van der Waals surface area contributed by atoms with E-state index < -0.39 is 11.9 Å². The van der Waals surface area contributed by atoms with E-state index in [1.807, 2.05) is 0 Å². The second-order valence-electron chi connectivity index (χ2n) is 5.76. The van der Waals surface area contributed by atoms with Crippen molar-refractivity contribution in [3.8, 4) is 0 Å². The molecule has 0 aromatic heterocycles. The van der Waals surface area contributed by atoms with Gasteiger partial charge in [0.25, 0.3) is 0 Å². The van der Waals surface area contributed by atoms with E-state index in [1.165, 1.54) is 0 Å². The fourth-order valence-electron chi connectivity index (χ4n) is 3.13. The fraction of sp³-hybridized carbons (Fsp3) is 0.733. The lowest BCUT2D eigenvalue weighted by atomic mass is 9.66. The Balaban J connectivity index is 2.88. The summed E-state index contributed by atoms with van der Waals surface area (Å²) < 4.78 is 0. The topological polar surface area (TPSA) is 74.6 Å². The third-order valence-corrected chi connectivity index (χ3v) is 4.43. The van der Waals surface area contributed by atoms with Crippen molar-refractivity contribution in [2.75, 3.05) is 0 Å². The summed E-state index contributed by atoms with van der Waals surface area (Å²) in [5, 5.41) is 18.7. The van der Waals surface area contributed by atoms with Crippen LogP contribution < -0.4 is 0 Å². The lowest BCUT2D eigenvalue weighted by Gasteiger charge is -2.38. The largest absolute Gasteiger partial charge is 0.516 e. The lowest BCUT2D eigenvalue weighted by Crippen LogP contribution is -2.33. The van der Waals surface area contributed by atoms with Gasteiger partial charge < -0.3 is 15.0 Å². The van der Waals surface area contributed by atoms with Gasteiger partial charge in [-0.15, -0.1) is 0 Å². The molecule has 0 saturated heterocycles. The number of aliphatic hydroxyl groups excluding tert-OH is 1. The Hall–Kier alpha value is -1.32. The normalized spacial score (nSPS) is 31.1. The van der Waals surface area contributed by atoms with Gasteiger partial charge in [0.1, 0.15) is 5.78 Å². The molecule has 0 unspecified atom stereocenters. The molecule has 0 aromatic carbocycles. The lowest BCUT2D eigenvalue weighted by molar-refractivity contribution is -0.143. The van der Waals surface area contributed by atoms with Crippen LogP contribution in [0.5, 0.6) is 0 Å². The van der Waals surface area contributed by atoms with Crippen LogP contribution in [0.3, 0.4) is 0 Å². The van der Waals surface area contributed by atoms with E-state index >= 15 is 0 Å². The van der Waals surface area contributed by atoms with Crippen molar-refractivity contribution >= 4 is 11.8 Å². The second kappa shape index (κ2) is 6.73. The van der Waals surface area contributed by atoms with E-state index in [-0.39, 0.29) is 17.6 Å². The van der Waals surface area contributed by atoms with Crippen molar-refractivity contribution in [2.45, 2.75) is 46.5 Å². The molecule has 0 radical (unpaired) electrons. The first kappa shape index (κ1) is 15.7. The number of aliphatic carboxylic acids is 1. The molecule has 2 N–H and O–H groups in total. The predicted molar refractivity (Wildman–Crippen MR) is 72.8 cm³/mol. The van der Waals surface area contributed by atoms with Crippen LogP contribution in [-0.2, 0) is 9.59 Å². The minimum Gasteiger partial charge on any atom is -0.516 e. The maximum atomic E-state index is 11.2. The zero-order valence-corrected chi connectivity index (χ0v) is 11.9. The highest BCUT2D eigenvalue weighted by Gasteiger charge is 2.37. The van der Waals surface area contributed by atoms with Crippen molar-refractivity contribution in [3.05, 3.63) is 11.8 Å². The number of carbonyl (C=O) groups is 2. The van der Waals surface area contributed by atoms with Crippen LogP contribution in [0.4, 0.5) is 0 Å². The summed E-state index contributed by atoms with van der Waals surface area (Å²) >= 11 is 0. The molecule has 4 heteroatoms. The van der Waals surface area contributed by atoms with Crippen LogP contribution >= 0.6 is 0 Å². The van der Waals surface area contributed by atoms with E-state index in [0.717, 1.165) is 24.7 Å². The number of allylic oxidation sites excluding steroid dienone is 1. The summed E-state index contributed by atoms with van der Waals surface area (Å²) in [5.74, 6) is -0.798. The number of hydrogen-bond acceptors (Lipinski definition) is 3. The van der Waals surface area contributed by atoms with Gasteiger partial charge in [-0.25, -0.2) is 0 Å². The Morgan fingerprint density at radius 2 is 2.05 bits per heavy atom. The maximum Gasteiger partial charge on any atom is 0.306 e. The smallest absolute Gasteiger partial charge is 0.306 e. The molecule has 0 bridgehead atoms. The molecule has 108 valence electrons. The summed E-state index contributed by atoms with van der Waals surface area (Å²) in [6.45, 7) is 5.36. The van der Waals surface area contributed by atoms with Crippen molar-refractivity contribution in [1.29, 1.82) is 0 Å². The maximum absolute atomic E-state index is 11.2. The van der Waals surface area contributed by atoms with Gasteiger partial charge in [0.15, 0.2) is 0 Å². The van der Waals surface area contributed by atoms with Gasteiger partial charge in [0.2, 0.25) is 0 Å². The molecule has 0 amide bonds. The van der Waals surface area contributed by atoms with Crippen molar-refractivity contribution in [3.63, 3.8) is 0 Å². The van der Waals surface area contributed by atoms with E-state index in [4.69, 9.17) is 5.11 Å². The fourth-order valence-corrected chi connectivity index (χ4v) is 3.13. The molecular weight excluding hydrogens is 244 g/mol. The second-order valence-corrected chi connectivity index (χ2v) is 5.76. The first-order valence-corrected chi connectivity index (χ1v) is 6.94. The average Bonchev–Trinajstić information content (AvgIpc) is 2.35. The molecule has 0 aliphatic heterocycles. The van der Waals surface area contributed by atoms with Crippen molar-refractivity contribution in [2.24, 2.45) is 23.7 Å². The Morgan fingerprint density at radius 3 is 2.53 bits per heavy atom. The molecule has 1 aliphatic rings. The molecule has 4 atom stereocenters. The minimum atomic E-state index is -0.829. The molecule has 0 aromatic rings. The number of aliphatic hydroxyl groups is 1. The monoisotopic (exact) mass is 268 g/mol. The summed E-state index contributed by atoms with van der Waals surface area (Å²) in [7, 11) is 0. The first-order valence-electron chi connectivity index (χ1n) is 6.94. The summed E-state index contributed by atoms with van der Waals surface area (Å²) in [5.41, 5.74) is 0.815. The quantitative estimate of drug-likeness (QED) is 0.751. The first-order chi connectivity index (χ1) is 8.88. The van der Waals surface area contributed by atoms with Gasteiger partial charge in [-0.3, -0.25) is 4.79 Å². The molecule has 4 nitrogen and oxygen atoms in total. The highest BCUT2D eigenvalue weighted by atomic mass is 16.4. The van der Waals surface area contributed by atoms with Crippen molar-refractivity contribution in [1.82, 2.24) is 0 Å². The number of ketones is 1. The van der Waals surface area contributed by atoms with Gasteiger partial charge in [-0.05, 0) is 49.5 Å². The van der Waals surface area contributed by atoms with Gasteiger partial charge in [-0.2, -0.15) is 0 Å². The zero-order chi connectivity index (χ0) is 14.6. The summed E-state index contributed by atoms with van der Waals surface area (Å²) in [6.07, 6.45) is 4.01. The van der Waals surface area contributed by atoms with Crippen LogP contribution in [0.1, 0.15) is 46.5 Å². The highest BCUT2D eigenvalue weighted by molar-refractivity contribution is 5.75. The Labute approximate surface area is 114 Å². The summed E-state index contributed by atoms with van der Waals surface area (Å²) in [6, 6.07) is 0. The minimum absolute atomic E-state index is 0.115. The number of rotatable bonds is 5. The summed E-state index contributed by atoms with van der Waals surface area (Å²) in [4.78, 5) is 22.3. The van der Waals surface area contributed by atoms with Gasteiger partial charge in [0.05, 0.1) is 12.2 Å². The van der Waals surface area contributed by atoms with Crippen LogP contribution in [0.2, 0.25) is 0 Å². The van der Waals surface area contributed by atoms with Crippen LogP contribution in [0.15, 0.2) is 11.8 Å². The van der Waals surface area contributed by atoms with Crippen LogP contribution in [-0.4, -0.2) is 22.0 Å². The third-order valence-electron chi connectivity index (χ3n) is 4.43. The average molecular weight is 268 g/mol. The SMILES string of the molecule is CC(=O)CC[C@@H]1/C(=C/O)[C@H]([C@H](C)C(=O)O)CC[C@H]1C. The Morgan fingerprint density at radius 1 is 1.42 bits per heavy atom. The van der Waals surface area contributed by atoms with Gasteiger partial charge >= 0.3 is 5.97 Å². The van der Waals surface area contributed by atoms with Crippen molar-refractivity contribution < 1.29 is 19.8 Å². The Kier molecular flexibility index (Phi) is 5.58. The number of hydrogen-bond donors (Lipinski definition) is 2. The van der Waals surface area contributed by atoms with E-state index in [1.54, 1.807) is 13.8 Å². The highest BCUT2D eigenvalue weighted by Crippen LogP contribution is 2.43. The van der Waals surface area contributed by atoms with E-state index in [2.05, 4.69) is 6.92 Å². The molecule has 0 spiro atoms. The van der Waals surface area contributed by atoms with Crippen LogP contribution in [0.25, 0.3) is 0 Å².